The lowest BCUT2D eigenvalue weighted by atomic mass is 10.2. The second-order valence-corrected chi connectivity index (χ2v) is 4.35. The fourth-order valence-corrected chi connectivity index (χ4v) is 1.96. The van der Waals surface area contributed by atoms with E-state index in [1.165, 1.54) is 0 Å². The minimum Gasteiger partial charge on any atom is -0.497 e. The molecule has 0 radical (unpaired) electrons. The lowest BCUT2D eigenvalue weighted by molar-refractivity contribution is 0.414. The van der Waals surface area contributed by atoms with E-state index >= 15 is 0 Å². The number of rotatable bonds is 3. The highest BCUT2D eigenvalue weighted by molar-refractivity contribution is 6.31. The zero-order valence-electron chi connectivity index (χ0n) is 10.6. The number of benzene rings is 1. The summed E-state index contributed by atoms with van der Waals surface area (Å²) in [5.74, 6) is 1.54. The quantitative estimate of drug-likeness (QED) is 0.690. The summed E-state index contributed by atoms with van der Waals surface area (Å²) in [5, 5.41) is 4.28. The van der Waals surface area contributed by atoms with Crippen molar-refractivity contribution in [2.75, 3.05) is 7.11 Å². The predicted octanol–water partition coefficient (Wildman–Crippen LogP) is 3.46. The van der Waals surface area contributed by atoms with Gasteiger partial charge in [-0.3, -0.25) is 0 Å². The number of halogens is 1. The van der Waals surface area contributed by atoms with Crippen LogP contribution in [0.4, 0.5) is 0 Å². The predicted molar refractivity (Wildman–Crippen MR) is 74.5 cm³/mol. The van der Waals surface area contributed by atoms with Crippen LogP contribution in [-0.4, -0.2) is 22.2 Å². The molecule has 0 aliphatic carbocycles. The van der Waals surface area contributed by atoms with Gasteiger partial charge in [-0.15, -0.1) is 0 Å². The molecule has 3 rings (SSSR count). The van der Waals surface area contributed by atoms with Crippen molar-refractivity contribution in [1.29, 1.82) is 0 Å². The van der Waals surface area contributed by atoms with Gasteiger partial charge in [-0.25, -0.2) is 4.98 Å². The second kappa shape index (κ2) is 5.30. The van der Waals surface area contributed by atoms with Gasteiger partial charge >= 0.3 is 0 Å². The Labute approximate surface area is 120 Å². The van der Waals surface area contributed by atoms with Crippen LogP contribution in [0.5, 0.6) is 5.75 Å². The zero-order valence-corrected chi connectivity index (χ0v) is 11.3. The molecule has 20 heavy (non-hydrogen) atoms. The van der Waals surface area contributed by atoms with Crippen molar-refractivity contribution >= 4 is 11.6 Å². The zero-order chi connectivity index (χ0) is 13.9. The molecule has 0 spiro atoms. The van der Waals surface area contributed by atoms with E-state index in [9.17, 15) is 0 Å². The number of pyridine rings is 1. The van der Waals surface area contributed by atoms with Crippen LogP contribution in [0.15, 0.2) is 47.1 Å². The first-order chi connectivity index (χ1) is 9.78. The average molecular weight is 288 g/mol. The summed E-state index contributed by atoms with van der Waals surface area (Å²) in [6.45, 7) is 0. The molecule has 2 aromatic heterocycles. The van der Waals surface area contributed by atoms with Gasteiger partial charge in [-0.05, 0) is 24.3 Å². The summed E-state index contributed by atoms with van der Waals surface area (Å²) in [4.78, 5) is 8.31. The molecule has 0 aliphatic heterocycles. The monoisotopic (exact) mass is 287 g/mol. The van der Waals surface area contributed by atoms with Crippen molar-refractivity contribution in [2.45, 2.75) is 0 Å². The maximum absolute atomic E-state index is 6.00. The van der Waals surface area contributed by atoms with Crippen molar-refractivity contribution in [2.24, 2.45) is 0 Å². The molecule has 0 bridgehead atoms. The third-order valence-corrected chi connectivity index (χ3v) is 3.04. The molecule has 0 fully saturated rings. The van der Waals surface area contributed by atoms with Crippen LogP contribution < -0.4 is 4.74 Å². The largest absolute Gasteiger partial charge is 0.497 e. The van der Waals surface area contributed by atoms with E-state index < -0.39 is 0 Å². The lowest BCUT2D eigenvalue weighted by Crippen LogP contribution is -1.86. The van der Waals surface area contributed by atoms with E-state index in [1.807, 2.05) is 24.3 Å². The maximum Gasteiger partial charge on any atom is 0.261 e. The Morgan fingerprint density at radius 2 is 2.10 bits per heavy atom. The van der Waals surface area contributed by atoms with E-state index in [0.29, 0.717) is 22.4 Å². The van der Waals surface area contributed by atoms with Gasteiger partial charge in [0.2, 0.25) is 5.82 Å². The summed E-state index contributed by atoms with van der Waals surface area (Å²) < 4.78 is 10.4. The maximum atomic E-state index is 6.00. The van der Waals surface area contributed by atoms with Crippen molar-refractivity contribution in [3.8, 4) is 28.6 Å². The van der Waals surface area contributed by atoms with E-state index in [-0.39, 0.29) is 0 Å². The normalized spacial score (nSPS) is 10.5. The van der Waals surface area contributed by atoms with Crippen LogP contribution in [0.1, 0.15) is 0 Å². The Morgan fingerprint density at radius 1 is 1.20 bits per heavy atom. The third kappa shape index (κ3) is 2.35. The van der Waals surface area contributed by atoms with Gasteiger partial charge in [0.05, 0.1) is 12.7 Å². The molecule has 0 aliphatic rings. The smallest absolute Gasteiger partial charge is 0.261 e. The van der Waals surface area contributed by atoms with Gasteiger partial charge in [-0.1, -0.05) is 28.9 Å². The molecule has 0 amide bonds. The van der Waals surface area contributed by atoms with E-state index in [2.05, 4.69) is 15.1 Å². The number of hydrogen-bond acceptors (Lipinski definition) is 5. The minimum absolute atomic E-state index is 0.327. The lowest BCUT2D eigenvalue weighted by Gasteiger charge is -1.99. The molecule has 0 unspecified atom stereocenters. The van der Waals surface area contributed by atoms with Crippen LogP contribution in [0, 0.1) is 0 Å². The first-order valence-corrected chi connectivity index (χ1v) is 6.25. The Bertz CT molecular complexity index is 743. The standard InChI is InChI=1S/C14H10ClN3O2/c1-19-10-5-2-4-9(8-10)13-17-14(20-18-13)11-6-3-7-16-12(11)15/h2-8H,1H3. The number of nitrogens with zero attached hydrogens (tertiary/aromatic N) is 3. The van der Waals surface area contributed by atoms with Gasteiger partial charge in [0.1, 0.15) is 10.9 Å². The number of aromatic nitrogens is 3. The molecule has 100 valence electrons. The minimum atomic E-state index is 0.327. The van der Waals surface area contributed by atoms with Crippen molar-refractivity contribution in [3.63, 3.8) is 0 Å². The average Bonchev–Trinajstić information content (AvgIpc) is 2.97. The summed E-state index contributed by atoms with van der Waals surface area (Å²) in [6.07, 6.45) is 1.60. The fraction of sp³-hybridized carbons (Fsp3) is 0.0714. The Kier molecular flexibility index (Phi) is 3.35. The van der Waals surface area contributed by atoms with Gasteiger partial charge in [0, 0.05) is 11.8 Å². The first kappa shape index (κ1) is 12.6. The van der Waals surface area contributed by atoms with Crippen molar-refractivity contribution in [1.82, 2.24) is 15.1 Å². The van der Waals surface area contributed by atoms with E-state index in [4.69, 9.17) is 20.9 Å². The highest BCUT2D eigenvalue weighted by Crippen LogP contribution is 2.27. The van der Waals surface area contributed by atoms with E-state index in [0.717, 1.165) is 11.3 Å². The summed E-state index contributed by atoms with van der Waals surface area (Å²) in [6, 6.07) is 11.0. The van der Waals surface area contributed by atoms with Gasteiger partial charge < -0.3 is 9.26 Å². The summed E-state index contributed by atoms with van der Waals surface area (Å²) in [5.41, 5.74) is 1.41. The molecule has 2 heterocycles. The number of methoxy groups -OCH3 is 1. The van der Waals surface area contributed by atoms with Gasteiger partial charge in [-0.2, -0.15) is 4.98 Å². The molecule has 1 aromatic carbocycles. The molecule has 0 atom stereocenters. The Morgan fingerprint density at radius 3 is 2.90 bits per heavy atom. The molecule has 0 saturated carbocycles. The summed E-state index contributed by atoms with van der Waals surface area (Å²) in [7, 11) is 1.61. The molecule has 5 nitrogen and oxygen atoms in total. The number of hydrogen-bond donors (Lipinski definition) is 0. The van der Waals surface area contributed by atoms with Gasteiger partial charge in [0.25, 0.3) is 5.89 Å². The van der Waals surface area contributed by atoms with Crippen LogP contribution in [0.25, 0.3) is 22.8 Å². The molecule has 0 N–H and O–H groups in total. The second-order valence-electron chi connectivity index (χ2n) is 4.00. The Hall–Kier alpha value is -2.40. The summed E-state index contributed by atoms with van der Waals surface area (Å²) >= 11 is 6.00. The highest BCUT2D eigenvalue weighted by Gasteiger charge is 2.14. The van der Waals surface area contributed by atoms with Crippen LogP contribution in [0.3, 0.4) is 0 Å². The molecule has 3 aromatic rings. The molecule has 0 saturated heterocycles. The van der Waals surface area contributed by atoms with Gasteiger partial charge in [0.15, 0.2) is 0 Å². The third-order valence-electron chi connectivity index (χ3n) is 2.74. The van der Waals surface area contributed by atoms with Crippen molar-refractivity contribution in [3.05, 3.63) is 47.7 Å². The Balaban J connectivity index is 2.00. The van der Waals surface area contributed by atoms with Crippen LogP contribution in [0.2, 0.25) is 5.15 Å². The molecular formula is C14H10ClN3O2. The topological polar surface area (TPSA) is 61.0 Å². The highest BCUT2D eigenvalue weighted by atomic mass is 35.5. The number of ether oxygens (including phenoxy) is 1. The van der Waals surface area contributed by atoms with Crippen molar-refractivity contribution < 1.29 is 9.26 Å². The van der Waals surface area contributed by atoms with Crippen LogP contribution >= 0.6 is 11.6 Å². The SMILES string of the molecule is COc1cccc(-c2noc(-c3cccnc3Cl)n2)c1. The molecule has 6 heteroatoms. The van der Waals surface area contributed by atoms with E-state index in [1.54, 1.807) is 25.4 Å². The molecular weight excluding hydrogens is 278 g/mol. The first-order valence-electron chi connectivity index (χ1n) is 5.87. The van der Waals surface area contributed by atoms with Crippen LogP contribution in [-0.2, 0) is 0 Å². The fourth-order valence-electron chi connectivity index (χ4n) is 1.76.